The van der Waals surface area contributed by atoms with E-state index in [1.165, 1.54) is 6.42 Å². The Morgan fingerprint density at radius 1 is 1.33 bits per heavy atom. The van der Waals surface area contributed by atoms with Crippen LogP contribution in [0.2, 0.25) is 0 Å². The molecule has 0 radical (unpaired) electrons. The fourth-order valence-corrected chi connectivity index (χ4v) is 2.72. The van der Waals surface area contributed by atoms with Crippen LogP contribution in [0.15, 0.2) is 9.59 Å². The van der Waals surface area contributed by atoms with Crippen molar-refractivity contribution in [1.29, 1.82) is 0 Å². The zero-order chi connectivity index (χ0) is 13.3. The van der Waals surface area contributed by atoms with Crippen molar-refractivity contribution in [2.45, 2.75) is 45.1 Å². The molecular formula is C12H17FN2O3. The van der Waals surface area contributed by atoms with Crippen molar-refractivity contribution in [2.24, 2.45) is 5.92 Å². The quantitative estimate of drug-likeness (QED) is 0.842. The summed E-state index contributed by atoms with van der Waals surface area (Å²) < 4.78 is 14.3. The van der Waals surface area contributed by atoms with Crippen molar-refractivity contribution in [3.8, 4) is 5.88 Å². The molecule has 0 aromatic carbocycles. The van der Waals surface area contributed by atoms with Crippen LogP contribution in [0.1, 0.15) is 45.1 Å². The van der Waals surface area contributed by atoms with Gasteiger partial charge in [0.1, 0.15) is 0 Å². The van der Waals surface area contributed by atoms with Crippen LogP contribution >= 0.6 is 0 Å². The van der Waals surface area contributed by atoms with E-state index in [0.717, 1.165) is 30.3 Å². The topological polar surface area (TPSA) is 75.1 Å². The highest BCUT2D eigenvalue weighted by Crippen LogP contribution is 2.33. The van der Waals surface area contributed by atoms with Crippen LogP contribution in [-0.2, 0) is 0 Å². The molecule has 1 aromatic rings. The first kappa shape index (κ1) is 12.9. The Hall–Kier alpha value is -1.59. The molecule has 0 aliphatic heterocycles. The normalized spacial score (nSPS) is 18.8. The lowest BCUT2D eigenvalue weighted by molar-refractivity contribution is 0.232. The van der Waals surface area contributed by atoms with Crippen LogP contribution in [0.5, 0.6) is 5.88 Å². The lowest BCUT2D eigenvalue weighted by atomic mass is 9.84. The fraction of sp³-hybridized carbons (Fsp3) is 0.667. The van der Waals surface area contributed by atoms with E-state index in [1.807, 2.05) is 4.98 Å². The smallest absolute Gasteiger partial charge is 0.331 e. The Balaban J connectivity index is 2.41. The second-order valence-corrected chi connectivity index (χ2v) is 4.91. The van der Waals surface area contributed by atoms with Crippen LogP contribution in [0, 0.1) is 11.7 Å². The Morgan fingerprint density at radius 2 is 1.94 bits per heavy atom. The highest BCUT2D eigenvalue weighted by molar-refractivity contribution is 5.11. The van der Waals surface area contributed by atoms with Gasteiger partial charge in [-0.3, -0.25) is 14.3 Å². The van der Waals surface area contributed by atoms with Gasteiger partial charge in [-0.05, 0) is 25.7 Å². The Labute approximate surface area is 103 Å². The summed E-state index contributed by atoms with van der Waals surface area (Å²) in [6, 6.07) is -0.316. The molecule has 1 heterocycles. The van der Waals surface area contributed by atoms with E-state index in [0.29, 0.717) is 0 Å². The van der Waals surface area contributed by atoms with Crippen LogP contribution in [0.25, 0.3) is 0 Å². The summed E-state index contributed by atoms with van der Waals surface area (Å²) in [5.41, 5.74) is -1.93. The van der Waals surface area contributed by atoms with Crippen molar-refractivity contribution < 1.29 is 9.50 Å². The number of rotatable bonds is 2. The molecule has 6 heteroatoms. The third kappa shape index (κ3) is 2.19. The molecule has 1 aromatic heterocycles. The molecule has 1 atom stereocenters. The van der Waals surface area contributed by atoms with E-state index in [4.69, 9.17) is 0 Å². The lowest BCUT2D eigenvalue weighted by Crippen LogP contribution is -2.36. The monoisotopic (exact) mass is 256 g/mol. The van der Waals surface area contributed by atoms with E-state index < -0.39 is 22.9 Å². The SMILES string of the molecule is CC(C1CCCCC1)n1c(O)c(F)c(=O)[nH]c1=O. The molecule has 1 aliphatic rings. The predicted octanol–water partition coefficient (Wildman–Crippen LogP) is 1.52. The largest absolute Gasteiger partial charge is 0.492 e. The molecule has 2 rings (SSSR count). The number of H-pyrrole nitrogens is 1. The van der Waals surface area contributed by atoms with Gasteiger partial charge in [0.05, 0.1) is 0 Å². The average Bonchev–Trinajstić information content (AvgIpc) is 2.37. The number of aromatic hydroxyl groups is 1. The van der Waals surface area contributed by atoms with E-state index in [2.05, 4.69) is 0 Å². The maximum absolute atomic E-state index is 13.3. The van der Waals surface area contributed by atoms with Gasteiger partial charge in [-0.15, -0.1) is 0 Å². The minimum atomic E-state index is -1.29. The third-order valence-corrected chi connectivity index (χ3v) is 3.80. The summed E-state index contributed by atoms with van der Waals surface area (Å²) in [6.07, 6.45) is 5.23. The number of hydrogen-bond acceptors (Lipinski definition) is 3. The lowest BCUT2D eigenvalue weighted by Gasteiger charge is -2.29. The summed E-state index contributed by atoms with van der Waals surface area (Å²) in [5.74, 6) is -1.92. The number of halogens is 1. The van der Waals surface area contributed by atoms with E-state index in [1.54, 1.807) is 6.92 Å². The predicted molar refractivity (Wildman–Crippen MR) is 64.2 cm³/mol. The minimum absolute atomic E-state index is 0.229. The maximum Gasteiger partial charge on any atom is 0.331 e. The number of aromatic amines is 1. The van der Waals surface area contributed by atoms with Gasteiger partial charge in [-0.25, -0.2) is 4.79 Å². The molecule has 0 saturated heterocycles. The van der Waals surface area contributed by atoms with Gasteiger partial charge in [-0.2, -0.15) is 4.39 Å². The van der Waals surface area contributed by atoms with E-state index in [-0.39, 0.29) is 12.0 Å². The van der Waals surface area contributed by atoms with Crippen molar-refractivity contribution in [1.82, 2.24) is 9.55 Å². The number of nitrogens with one attached hydrogen (secondary N) is 1. The van der Waals surface area contributed by atoms with Crippen molar-refractivity contribution in [2.75, 3.05) is 0 Å². The second-order valence-electron chi connectivity index (χ2n) is 4.91. The Kier molecular flexibility index (Phi) is 3.54. The standard InChI is InChI=1S/C12H17FN2O3/c1-7(8-5-3-2-4-6-8)15-11(17)9(13)10(16)14-12(15)18/h7-8,17H,2-6H2,1H3,(H,14,16,18). The molecule has 100 valence electrons. The zero-order valence-corrected chi connectivity index (χ0v) is 10.3. The average molecular weight is 256 g/mol. The first-order valence-electron chi connectivity index (χ1n) is 6.25. The van der Waals surface area contributed by atoms with Crippen molar-refractivity contribution in [3.63, 3.8) is 0 Å². The molecule has 0 bridgehead atoms. The number of hydrogen-bond donors (Lipinski definition) is 2. The molecule has 1 saturated carbocycles. The van der Waals surface area contributed by atoms with Gasteiger partial charge in [0, 0.05) is 6.04 Å². The third-order valence-electron chi connectivity index (χ3n) is 3.80. The molecule has 18 heavy (non-hydrogen) atoms. The number of aromatic nitrogens is 2. The molecule has 5 nitrogen and oxygen atoms in total. The summed E-state index contributed by atoms with van der Waals surface area (Å²) in [5, 5.41) is 9.63. The van der Waals surface area contributed by atoms with Gasteiger partial charge < -0.3 is 5.11 Å². The van der Waals surface area contributed by atoms with Gasteiger partial charge in [0.25, 0.3) is 5.56 Å². The van der Waals surface area contributed by atoms with Gasteiger partial charge in [-0.1, -0.05) is 19.3 Å². The van der Waals surface area contributed by atoms with Crippen LogP contribution in [0.4, 0.5) is 4.39 Å². The van der Waals surface area contributed by atoms with Crippen molar-refractivity contribution >= 4 is 0 Å². The molecule has 1 unspecified atom stereocenters. The zero-order valence-electron chi connectivity index (χ0n) is 10.3. The van der Waals surface area contributed by atoms with Crippen LogP contribution in [-0.4, -0.2) is 14.7 Å². The van der Waals surface area contributed by atoms with E-state index >= 15 is 0 Å². The highest BCUT2D eigenvalue weighted by atomic mass is 19.1. The number of nitrogens with zero attached hydrogens (tertiary/aromatic N) is 1. The first-order chi connectivity index (χ1) is 8.52. The second kappa shape index (κ2) is 4.96. The Morgan fingerprint density at radius 3 is 2.56 bits per heavy atom. The summed E-state index contributed by atoms with van der Waals surface area (Å²) in [4.78, 5) is 24.6. The van der Waals surface area contributed by atoms with E-state index in [9.17, 15) is 19.1 Å². The summed E-state index contributed by atoms with van der Waals surface area (Å²) in [7, 11) is 0. The molecule has 1 fully saturated rings. The summed E-state index contributed by atoms with van der Waals surface area (Å²) in [6.45, 7) is 1.77. The van der Waals surface area contributed by atoms with Gasteiger partial charge >= 0.3 is 5.69 Å². The molecular weight excluding hydrogens is 239 g/mol. The minimum Gasteiger partial charge on any atom is -0.492 e. The maximum atomic E-state index is 13.3. The van der Waals surface area contributed by atoms with Crippen molar-refractivity contribution in [3.05, 3.63) is 26.7 Å². The molecule has 0 amide bonds. The molecule has 1 aliphatic carbocycles. The summed E-state index contributed by atoms with van der Waals surface area (Å²) >= 11 is 0. The highest BCUT2D eigenvalue weighted by Gasteiger charge is 2.26. The first-order valence-corrected chi connectivity index (χ1v) is 6.25. The van der Waals surface area contributed by atoms with Crippen LogP contribution in [0.3, 0.4) is 0 Å². The fourth-order valence-electron chi connectivity index (χ4n) is 2.72. The molecule has 0 spiro atoms. The Bertz CT molecular complexity index is 543. The van der Waals surface area contributed by atoms with Gasteiger partial charge in [0.15, 0.2) is 0 Å². The molecule has 2 N–H and O–H groups in total. The van der Waals surface area contributed by atoms with Gasteiger partial charge in [0.2, 0.25) is 11.7 Å². The van der Waals surface area contributed by atoms with Crippen LogP contribution < -0.4 is 11.2 Å².